The Labute approximate surface area is 185 Å². The number of hydrogen-bond donors (Lipinski definition) is 1. The predicted molar refractivity (Wildman–Crippen MR) is 123 cm³/mol. The molecule has 1 unspecified atom stereocenters. The minimum atomic E-state index is -0.392. The van der Waals surface area contributed by atoms with Gasteiger partial charge in [0.05, 0.1) is 36.9 Å². The average molecular weight is 442 g/mol. The molecule has 2 aromatic carbocycles. The second-order valence-corrected chi connectivity index (χ2v) is 8.35. The lowest BCUT2D eigenvalue weighted by molar-refractivity contribution is -0.120. The Hall–Kier alpha value is -3.00. The van der Waals surface area contributed by atoms with Crippen LogP contribution in [-0.2, 0) is 11.3 Å². The van der Waals surface area contributed by atoms with E-state index >= 15 is 0 Å². The number of aromatic nitrogens is 2. The number of thioether (sulfide) groups is 1. The molecule has 0 spiro atoms. The van der Waals surface area contributed by atoms with E-state index in [4.69, 9.17) is 14.5 Å². The molecule has 0 aliphatic rings. The Morgan fingerprint density at radius 3 is 2.61 bits per heavy atom. The van der Waals surface area contributed by atoms with E-state index in [0.29, 0.717) is 40.6 Å². The van der Waals surface area contributed by atoms with Gasteiger partial charge >= 0.3 is 0 Å². The third kappa shape index (κ3) is 5.19. The molecular formula is C23H27N3O4S. The molecule has 0 bridgehead atoms. The summed E-state index contributed by atoms with van der Waals surface area (Å²) in [5, 5.41) is 3.54. The summed E-state index contributed by atoms with van der Waals surface area (Å²) in [6, 6.07) is 12.8. The van der Waals surface area contributed by atoms with E-state index < -0.39 is 5.25 Å². The highest BCUT2D eigenvalue weighted by atomic mass is 32.2. The van der Waals surface area contributed by atoms with E-state index in [-0.39, 0.29) is 11.5 Å². The van der Waals surface area contributed by atoms with Crippen LogP contribution in [0.1, 0.15) is 25.8 Å². The molecule has 7 nitrogen and oxygen atoms in total. The number of methoxy groups -OCH3 is 2. The van der Waals surface area contributed by atoms with Gasteiger partial charge in [-0.3, -0.25) is 14.2 Å². The smallest absolute Gasteiger partial charge is 0.262 e. The van der Waals surface area contributed by atoms with Crippen LogP contribution >= 0.6 is 11.8 Å². The van der Waals surface area contributed by atoms with Crippen LogP contribution in [0.2, 0.25) is 0 Å². The van der Waals surface area contributed by atoms with Crippen molar-refractivity contribution in [3.8, 4) is 11.5 Å². The van der Waals surface area contributed by atoms with Gasteiger partial charge in [-0.05, 0) is 43.2 Å². The first-order chi connectivity index (χ1) is 15.0. The number of rotatable bonds is 9. The number of nitrogens with one attached hydrogen (secondary N) is 1. The summed E-state index contributed by atoms with van der Waals surface area (Å²) in [7, 11) is 3.15. The van der Waals surface area contributed by atoms with Crippen LogP contribution in [-0.4, -0.2) is 41.5 Å². The topological polar surface area (TPSA) is 82.5 Å². The zero-order chi connectivity index (χ0) is 22.4. The van der Waals surface area contributed by atoms with E-state index in [2.05, 4.69) is 5.32 Å². The first-order valence-corrected chi connectivity index (χ1v) is 11.0. The molecule has 1 aromatic heterocycles. The Morgan fingerprint density at radius 2 is 1.90 bits per heavy atom. The second-order valence-electron chi connectivity index (χ2n) is 7.04. The SMILES string of the molecule is CCCNC(=O)C(C)Sc1nc2ccccc2c(=O)n1Cc1ccc(OC)c(OC)c1. The first-order valence-electron chi connectivity index (χ1n) is 10.1. The minimum absolute atomic E-state index is 0.0769. The van der Waals surface area contributed by atoms with E-state index in [0.717, 1.165) is 12.0 Å². The highest BCUT2D eigenvalue weighted by Gasteiger charge is 2.19. The highest BCUT2D eigenvalue weighted by molar-refractivity contribution is 8.00. The molecule has 31 heavy (non-hydrogen) atoms. The molecule has 0 saturated heterocycles. The molecule has 0 saturated carbocycles. The third-order valence-electron chi connectivity index (χ3n) is 4.82. The van der Waals surface area contributed by atoms with Gasteiger partial charge in [-0.1, -0.05) is 36.9 Å². The molecule has 0 aliphatic carbocycles. The summed E-state index contributed by atoms with van der Waals surface area (Å²) in [5.74, 6) is 1.13. The maximum absolute atomic E-state index is 13.3. The number of carbonyl (C=O) groups excluding carboxylic acids is 1. The molecule has 1 N–H and O–H groups in total. The van der Waals surface area contributed by atoms with Crippen LogP contribution in [0.5, 0.6) is 11.5 Å². The van der Waals surface area contributed by atoms with Gasteiger partial charge in [-0.25, -0.2) is 4.98 Å². The first kappa shape index (κ1) is 22.7. The van der Waals surface area contributed by atoms with Crippen molar-refractivity contribution in [3.63, 3.8) is 0 Å². The highest BCUT2D eigenvalue weighted by Crippen LogP contribution is 2.29. The van der Waals surface area contributed by atoms with Gasteiger partial charge in [0.2, 0.25) is 5.91 Å². The fraction of sp³-hybridized carbons (Fsp3) is 0.348. The average Bonchev–Trinajstić information content (AvgIpc) is 2.79. The van der Waals surface area contributed by atoms with Crippen molar-refractivity contribution < 1.29 is 14.3 Å². The number of nitrogens with zero attached hydrogens (tertiary/aromatic N) is 2. The zero-order valence-corrected chi connectivity index (χ0v) is 19.0. The molecular weight excluding hydrogens is 414 g/mol. The van der Waals surface area contributed by atoms with E-state index in [1.807, 2.05) is 44.2 Å². The van der Waals surface area contributed by atoms with Crippen molar-refractivity contribution in [2.24, 2.45) is 0 Å². The Kier molecular flexibility index (Phi) is 7.57. The second kappa shape index (κ2) is 10.3. The van der Waals surface area contributed by atoms with E-state index in [9.17, 15) is 9.59 Å². The molecule has 3 rings (SSSR count). The summed E-state index contributed by atoms with van der Waals surface area (Å²) in [5.41, 5.74) is 1.32. The Bertz CT molecular complexity index is 1130. The van der Waals surface area contributed by atoms with Crippen molar-refractivity contribution in [3.05, 3.63) is 58.4 Å². The number of ether oxygens (including phenoxy) is 2. The van der Waals surface area contributed by atoms with Gasteiger partial charge in [0.25, 0.3) is 5.56 Å². The van der Waals surface area contributed by atoms with Gasteiger partial charge in [-0.2, -0.15) is 0 Å². The number of carbonyl (C=O) groups is 1. The van der Waals surface area contributed by atoms with Gasteiger partial charge in [0, 0.05) is 6.54 Å². The molecule has 0 radical (unpaired) electrons. The summed E-state index contributed by atoms with van der Waals surface area (Å²) >= 11 is 1.28. The fourth-order valence-electron chi connectivity index (χ4n) is 3.14. The lowest BCUT2D eigenvalue weighted by Crippen LogP contribution is -2.32. The standard InChI is InChI=1S/C23H27N3O4S/c1-5-12-24-21(27)15(2)31-23-25-18-9-7-6-8-17(18)22(28)26(23)14-16-10-11-19(29-3)20(13-16)30-4/h6-11,13,15H,5,12,14H2,1-4H3,(H,24,27). The van der Waals surface area contributed by atoms with Crippen LogP contribution < -0.4 is 20.3 Å². The normalized spacial score (nSPS) is 11.9. The molecule has 0 aliphatic heterocycles. The third-order valence-corrected chi connectivity index (χ3v) is 5.91. The summed E-state index contributed by atoms with van der Waals surface area (Å²) in [4.78, 5) is 30.4. The largest absolute Gasteiger partial charge is 0.493 e. The molecule has 1 amide bonds. The Morgan fingerprint density at radius 1 is 1.16 bits per heavy atom. The predicted octanol–water partition coefficient (Wildman–Crippen LogP) is 3.47. The number of fused-ring (bicyclic) bond motifs is 1. The lowest BCUT2D eigenvalue weighted by Gasteiger charge is -2.17. The molecule has 8 heteroatoms. The summed E-state index contributed by atoms with van der Waals surface area (Å²) < 4.78 is 12.3. The van der Waals surface area contributed by atoms with Crippen LogP contribution in [0.25, 0.3) is 10.9 Å². The summed E-state index contributed by atoms with van der Waals surface area (Å²) in [6.45, 7) is 4.73. The quantitative estimate of drug-likeness (QED) is 0.404. The van der Waals surface area contributed by atoms with Gasteiger partial charge in [-0.15, -0.1) is 0 Å². The number of para-hydroxylation sites is 1. The Balaban J connectivity index is 2.02. The molecule has 0 fully saturated rings. The zero-order valence-electron chi connectivity index (χ0n) is 18.2. The molecule has 1 atom stereocenters. The number of hydrogen-bond acceptors (Lipinski definition) is 6. The van der Waals surface area contributed by atoms with Gasteiger partial charge in [0.1, 0.15) is 0 Å². The molecule has 1 heterocycles. The van der Waals surface area contributed by atoms with Crippen LogP contribution in [0, 0.1) is 0 Å². The monoisotopic (exact) mass is 441 g/mol. The van der Waals surface area contributed by atoms with Crippen molar-refractivity contribution in [1.29, 1.82) is 0 Å². The lowest BCUT2D eigenvalue weighted by atomic mass is 10.2. The van der Waals surface area contributed by atoms with Gasteiger partial charge < -0.3 is 14.8 Å². The fourth-order valence-corrected chi connectivity index (χ4v) is 4.07. The number of benzene rings is 2. The minimum Gasteiger partial charge on any atom is -0.493 e. The van der Waals surface area contributed by atoms with Crippen LogP contribution in [0.4, 0.5) is 0 Å². The van der Waals surface area contributed by atoms with E-state index in [1.54, 1.807) is 30.9 Å². The van der Waals surface area contributed by atoms with Crippen molar-refractivity contribution in [1.82, 2.24) is 14.9 Å². The number of amides is 1. The van der Waals surface area contributed by atoms with E-state index in [1.165, 1.54) is 11.8 Å². The van der Waals surface area contributed by atoms with Gasteiger partial charge in [0.15, 0.2) is 16.7 Å². The molecule has 3 aromatic rings. The van der Waals surface area contributed by atoms with Crippen LogP contribution in [0.3, 0.4) is 0 Å². The van der Waals surface area contributed by atoms with Crippen molar-refractivity contribution in [2.75, 3.05) is 20.8 Å². The molecule has 164 valence electrons. The maximum atomic E-state index is 13.3. The van der Waals surface area contributed by atoms with Crippen molar-refractivity contribution in [2.45, 2.75) is 37.2 Å². The maximum Gasteiger partial charge on any atom is 0.262 e. The van der Waals surface area contributed by atoms with Crippen molar-refractivity contribution >= 4 is 28.6 Å². The summed E-state index contributed by atoms with van der Waals surface area (Å²) in [6.07, 6.45) is 0.862. The van der Waals surface area contributed by atoms with Crippen LogP contribution in [0.15, 0.2) is 52.4 Å².